The molecular weight excluding hydrogens is 350 g/mol. The largest absolute Gasteiger partial charge is 0.497 e. The third-order valence-corrected chi connectivity index (χ3v) is 5.07. The van der Waals surface area contributed by atoms with Crippen LogP contribution in [-0.2, 0) is 11.2 Å². The lowest BCUT2D eigenvalue weighted by atomic mass is 10.1. The van der Waals surface area contributed by atoms with Crippen LogP contribution in [0.15, 0.2) is 72.9 Å². The van der Waals surface area contributed by atoms with E-state index in [0.717, 1.165) is 29.0 Å². The summed E-state index contributed by atoms with van der Waals surface area (Å²) in [6.45, 7) is 1.04. The average molecular weight is 373 g/mol. The van der Waals surface area contributed by atoms with E-state index < -0.39 is 0 Å². The second-order valence-electron chi connectivity index (χ2n) is 6.81. The highest BCUT2D eigenvalue weighted by atomic mass is 16.5. The van der Waals surface area contributed by atoms with Crippen molar-refractivity contribution in [1.82, 2.24) is 15.2 Å². The van der Waals surface area contributed by atoms with E-state index in [1.54, 1.807) is 13.3 Å². The smallest absolute Gasteiger partial charge is 0.238 e. The second-order valence-corrected chi connectivity index (χ2v) is 6.81. The molecule has 5 heteroatoms. The molecular formula is C23H23N3O2. The third-order valence-electron chi connectivity index (χ3n) is 5.07. The quantitative estimate of drug-likeness (QED) is 0.719. The zero-order valence-corrected chi connectivity index (χ0v) is 15.8. The Morgan fingerprint density at radius 3 is 2.54 bits per heavy atom. The molecule has 3 aromatic rings. The van der Waals surface area contributed by atoms with Crippen LogP contribution >= 0.6 is 0 Å². The van der Waals surface area contributed by atoms with Crippen molar-refractivity contribution in [2.45, 2.75) is 12.6 Å². The normalized spacial score (nSPS) is 16.4. The Labute approximate surface area is 165 Å². The summed E-state index contributed by atoms with van der Waals surface area (Å²) in [6.07, 6.45) is 2.50. The summed E-state index contributed by atoms with van der Waals surface area (Å²) in [5.74, 6) is 0.973. The summed E-state index contributed by atoms with van der Waals surface area (Å²) in [6, 6.07) is 22.1. The number of rotatable bonds is 6. The summed E-state index contributed by atoms with van der Waals surface area (Å²) in [7, 11) is 1.66. The van der Waals surface area contributed by atoms with E-state index in [1.807, 2.05) is 47.4 Å². The van der Waals surface area contributed by atoms with E-state index in [2.05, 4.69) is 34.6 Å². The number of aromatic nitrogens is 1. The summed E-state index contributed by atoms with van der Waals surface area (Å²) in [5.41, 5.74) is 4.28. The zero-order valence-electron chi connectivity index (χ0n) is 15.8. The van der Waals surface area contributed by atoms with Crippen molar-refractivity contribution >= 4 is 5.91 Å². The fourth-order valence-corrected chi connectivity index (χ4v) is 3.50. The number of hydrogen-bond acceptors (Lipinski definition) is 4. The standard InChI is InChI=1S/C23H23N3O2/c1-28-20-11-5-17(6-12-20)13-15-26-22(27)16-25-23(26)19-9-7-18(8-10-19)21-4-2-3-14-24-21/h2-12,14,23,25H,13,15-16H2,1H3. The summed E-state index contributed by atoms with van der Waals surface area (Å²) >= 11 is 0. The molecule has 1 fully saturated rings. The van der Waals surface area contributed by atoms with Crippen molar-refractivity contribution in [1.29, 1.82) is 0 Å². The Balaban J connectivity index is 1.46. The van der Waals surface area contributed by atoms with Crippen molar-refractivity contribution in [2.75, 3.05) is 20.2 Å². The predicted molar refractivity (Wildman–Crippen MR) is 109 cm³/mol. The van der Waals surface area contributed by atoms with Gasteiger partial charge in [0.1, 0.15) is 11.9 Å². The van der Waals surface area contributed by atoms with E-state index in [4.69, 9.17) is 4.74 Å². The molecule has 5 nitrogen and oxygen atoms in total. The number of ether oxygens (including phenoxy) is 1. The molecule has 1 saturated heterocycles. The highest BCUT2D eigenvalue weighted by Gasteiger charge is 2.31. The van der Waals surface area contributed by atoms with Crippen molar-refractivity contribution in [3.8, 4) is 17.0 Å². The molecule has 1 unspecified atom stereocenters. The van der Waals surface area contributed by atoms with E-state index in [0.29, 0.717) is 13.1 Å². The van der Waals surface area contributed by atoms with Gasteiger partial charge in [0, 0.05) is 18.3 Å². The minimum absolute atomic E-state index is 0.0940. The SMILES string of the molecule is COc1ccc(CCN2C(=O)CNC2c2ccc(-c3ccccn3)cc2)cc1. The van der Waals surface area contributed by atoms with Gasteiger partial charge in [-0.2, -0.15) is 0 Å². The van der Waals surface area contributed by atoms with Gasteiger partial charge < -0.3 is 9.64 Å². The van der Waals surface area contributed by atoms with Gasteiger partial charge in [-0.1, -0.05) is 42.5 Å². The van der Waals surface area contributed by atoms with Gasteiger partial charge >= 0.3 is 0 Å². The molecule has 1 amide bonds. The third kappa shape index (κ3) is 3.89. The zero-order chi connectivity index (χ0) is 19.3. The minimum Gasteiger partial charge on any atom is -0.497 e. The fourth-order valence-electron chi connectivity index (χ4n) is 3.50. The second kappa shape index (κ2) is 8.23. The van der Waals surface area contributed by atoms with E-state index >= 15 is 0 Å². The highest BCUT2D eigenvalue weighted by molar-refractivity contribution is 5.81. The maximum absolute atomic E-state index is 12.4. The number of hydrogen-bond donors (Lipinski definition) is 1. The number of methoxy groups -OCH3 is 1. The lowest BCUT2D eigenvalue weighted by molar-refractivity contribution is -0.128. The van der Waals surface area contributed by atoms with Crippen molar-refractivity contribution in [3.05, 3.63) is 84.1 Å². The van der Waals surface area contributed by atoms with Crippen LogP contribution in [0, 0.1) is 0 Å². The maximum atomic E-state index is 12.4. The Bertz CT molecular complexity index is 924. The van der Waals surface area contributed by atoms with Gasteiger partial charge in [-0.3, -0.25) is 15.1 Å². The van der Waals surface area contributed by atoms with Crippen LogP contribution in [0.1, 0.15) is 17.3 Å². The van der Waals surface area contributed by atoms with E-state index in [1.165, 1.54) is 5.56 Å². The van der Waals surface area contributed by atoms with Crippen LogP contribution in [0.2, 0.25) is 0 Å². The van der Waals surface area contributed by atoms with Crippen molar-refractivity contribution in [2.24, 2.45) is 0 Å². The van der Waals surface area contributed by atoms with Crippen LogP contribution in [0.3, 0.4) is 0 Å². The molecule has 1 aromatic heterocycles. The summed E-state index contributed by atoms with van der Waals surface area (Å²) in [4.78, 5) is 18.7. The maximum Gasteiger partial charge on any atom is 0.238 e. The van der Waals surface area contributed by atoms with Gasteiger partial charge in [-0.15, -0.1) is 0 Å². The number of nitrogens with one attached hydrogen (secondary N) is 1. The van der Waals surface area contributed by atoms with Crippen molar-refractivity contribution < 1.29 is 9.53 Å². The molecule has 28 heavy (non-hydrogen) atoms. The lowest BCUT2D eigenvalue weighted by Crippen LogP contribution is -2.32. The molecule has 4 rings (SSSR count). The van der Waals surface area contributed by atoms with Crippen LogP contribution in [0.4, 0.5) is 0 Å². The van der Waals surface area contributed by atoms with Crippen LogP contribution in [0.5, 0.6) is 5.75 Å². The molecule has 1 aliphatic heterocycles. The predicted octanol–water partition coefficient (Wildman–Crippen LogP) is 3.43. The lowest BCUT2D eigenvalue weighted by Gasteiger charge is -2.25. The fraction of sp³-hybridized carbons (Fsp3) is 0.217. The number of carbonyl (C=O) groups is 1. The Hall–Kier alpha value is -3.18. The van der Waals surface area contributed by atoms with Gasteiger partial charge in [0.2, 0.25) is 5.91 Å². The van der Waals surface area contributed by atoms with Gasteiger partial charge in [0.05, 0.1) is 19.3 Å². The van der Waals surface area contributed by atoms with Crippen LogP contribution < -0.4 is 10.1 Å². The number of amides is 1. The molecule has 2 aromatic carbocycles. The molecule has 0 bridgehead atoms. The number of benzene rings is 2. The average Bonchev–Trinajstić information content (AvgIpc) is 3.13. The van der Waals surface area contributed by atoms with E-state index in [-0.39, 0.29) is 12.1 Å². The van der Waals surface area contributed by atoms with Crippen LogP contribution in [0.25, 0.3) is 11.3 Å². The molecule has 1 aliphatic rings. The molecule has 0 saturated carbocycles. The van der Waals surface area contributed by atoms with Gasteiger partial charge in [0.15, 0.2) is 0 Å². The molecule has 2 heterocycles. The Kier molecular flexibility index (Phi) is 5.35. The molecule has 0 spiro atoms. The minimum atomic E-state index is -0.0940. The molecule has 1 atom stereocenters. The summed E-state index contributed by atoms with van der Waals surface area (Å²) < 4.78 is 5.20. The van der Waals surface area contributed by atoms with Crippen molar-refractivity contribution in [3.63, 3.8) is 0 Å². The molecule has 0 aliphatic carbocycles. The Morgan fingerprint density at radius 1 is 1.07 bits per heavy atom. The monoisotopic (exact) mass is 373 g/mol. The molecule has 0 radical (unpaired) electrons. The van der Waals surface area contributed by atoms with E-state index in [9.17, 15) is 4.79 Å². The first kappa shape index (κ1) is 18.2. The first-order valence-corrected chi connectivity index (χ1v) is 9.42. The van der Waals surface area contributed by atoms with Gasteiger partial charge in [-0.25, -0.2) is 0 Å². The molecule has 1 N–H and O–H groups in total. The highest BCUT2D eigenvalue weighted by Crippen LogP contribution is 2.25. The number of pyridine rings is 1. The number of carbonyl (C=O) groups excluding carboxylic acids is 1. The molecule has 142 valence electrons. The topological polar surface area (TPSA) is 54.5 Å². The first-order valence-electron chi connectivity index (χ1n) is 9.42. The number of nitrogens with zero attached hydrogens (tertiary/aromatic N) is 2. The van der Waals surface area contributed by atoms with Crippen LogP contribution in [-0.4, -0.2) is 36.0 Å². The summed E-state index contributed by atoms with van der Waals surface area (Å²) in [5, 5.41) is 3.33. The first-order chi connectivity index (χ1) is 13.7. The Morgan fingerprint density at radius 2 is 1.86 bits per heavy atom. The van der Waals surface area contributed by atoms with Gasteiger partial charge in [-0.05, 0) is 41.8 Å². The van der Waals surface area contributed by atoms with Gasteiger partial charge in [0.25, 0.3) is 0 Å².